The van der Waals surface area contributed by atoms with Crippen LogP contribution >= 0.6 is 0 Å². The molecule has 1 aliphatic carbocycles. The average Bonchev–Trinajstić information content (AvgIpc) is 3.49. The van der Waals surface area contributed by atoms with Gasteiger partial charge in [-0.05, 0) is 37.6 Å². The number of nitrogens with one attached hydrogen (secondary N) is 2. The van der Waals surface area contributed by atoms with Gasteiger partial charge in [-0.3, -0.25) is 14.4 Å². The second kappa shape index (κ2) is 8.12. The summed E-state index contributed by atoms with van der Waals surface area (Å²) in [4.78, 5) is 36.4. The van der Waals surface area contributed by atoms with Crippen LogP contribution in [0.15, 0.2) is 42.5 Å². The van der Waals surface area contributed by atoms with Crippen LogP contribution in [0.2, 0.25) is 0 Å². The maximum Gasteiger partial charge on any atom is 0.228 e. The minimum atomic E-state index is -0.400. The van der Waals surface area contributed by atoms with E-state index in [0.29, 0.717) is 34.9 Å². The topological polar surface area (TPSA) is 93.7 Å². The molecule has 2 aromatic rings. The molecule has 0 heterocycles. The number of anilines is 2. The summed E-state index contributed by atoms with van der Waals surface area (Å²) in [7, 11) is 3.06. The Morgan fingerprint density at radius 2 is 1.64 bits per heavy atom. The molecule has 2 atom stereocenters. The maximum atomic E-state index is 12.5. The minimum Gasteiger partial charge on any atom is -0.497 e. The Labute approximate surface area is 163 Å². The van der Waals surface area contributed by atoms with Crippen molar-refractivity contribution in [2.45, 2.75) is 13.3 Å². The number of ether oxygens (including phenoxy) is 2. The molecule has 0 saturated heterocycles. The van der Waals surface area contributed by atoms with E-state index < -0.39 is 11.8 Å². The third-order valence-corrected chi connectivity index (χ3v) is 4.67. The van der Waals surface area contributed by atoms with Gasteiger partial charge in [-0.1, -0.05) is 12.1 Å². The van der Waals surface area contributed by atoms with Crippen molar-refractivity contribution < 1.29 is 23.9 Å². The predicted molar refractivity (Wildman–Crippen MR) is 105 cm³/mol. The summed E-state index contributed by atoms with van der Waals surface area (Å²) in [5.74, 6) is -0.244. The van der Waals surface area contributed by atoms with Crippen LogP contribution < -0.4 is 20.1 Å². The molecule has 0 aromatic heterocycles. The van der Waals surface area contributed by atoms with Crippen molar-refractivity contribution in [3.8, 4) is 11.5 Å². The predicted octanol–water partition coefficient (Wildman–Crippen LogP) is 3.12. The molecule has 1 fully saturated rings. The van der Waals surface area contributed by atoms with E-state index in [2.05, 4.69) is 10.6 Å². The van der Waals surface area contributed by atoms with Gasteiger partial charge in [-0.15, -0.1) is 0 Å². The molecule has 146 valence electrons. The highest BCUT2D eigenvalue weighted by Gasteiger charge is 2.48. The van der Waals surface area contributed by atoms with Crippen molar-refractivity contribution >= 4 is 29.0 Å². The summed E-state index contributed by atoms with van der Waals surface area (Å²) >= 11 is 0. The second-order valence-corrected chi connectivity index (χ2v) is 6.63. The Morgan fingerprint density at radius 1 is 0.929 bits per heavy atom. The fourth-order valence-electron chi connectivity index (χ4n) is 2.95. The van der Waals surface area contributed by atoms with Crippen LogP contribution in [-0.2, 0) is 9.59 Å². The average molecular weight is 382 g/mol. The molecule has 7 nitrogen and oxygen atoms in total. The highest BCUT2D eigenvalue weighted by molar-refractivity contribution is 6.04. The molecule has 0 radical (unpaired) electrons. The molecule has 0 aliphatic heterocycles. The van der Waals surface area contributed by atoms with Crippen LogP contribution in [0.4, 0.5) is 11.4 Å². The Hall–Kier alpha value is -3.35. The van der Waals surface area contributed by atoms with Gasteiger partial charge in [-0.2, -0.15) is 0 Å². The van der Waals surface area contributed by atoms with Gasteiger partial charge in [0.25, 0.3) is 0 Å². The monoisotopic (exact) mass is 382 g/mol. The molecule has 0 spiro atoms. The first-order valence-electron chi connectivity index (χ1n) is 8.87. The van der Waals surface area contributed by atoms with Gasteiger partial charge in [0.05, 0.1) is 31.7 Å². The summed E-state index contributed by atoms with van der Waals surface area (Å²) in [6, 6.07) is 11.8. The lowest BCUT2D eigenvalue weighted by Gasteiger charge is -2.11. The van der Waals surface area contributed by atoms with Crippen LogP contribution in [0.1, 0.15) is 23.7 Å². The van der Waals surface area contributed by atoms with E-state index in [-0.39, 0.29) is 17.6 Å². The molecule has 2 N–H and O–H groups in total. The first-order chi connectivity index (χ1) is 13.4. The number of hydrogen-bond acceptors (Lipinski definition) is 5. The minimum absolute atomic E-state index is 0.0757. The van der Waals surface area contributed by atoms with Crippen LogP contribution in [0.3, 0.4) is 0 Å². The number of ketones is 1. The number of carbonyl (C=O) groups is 3. The lowest BCUT2D eigenvalue weighted by atomic mass is 10.1. The van der Waals surface area contributed by atoms with Gasteiger partial charge in [0, 0.05) is 17.3 Å². The Kier molecular flexibility index (Phi) is 5.63. The zero-order valence-electron chi connectivity index (χ0n) is 15.9. The summed E-state index contributed by atoms with van der Waals surface area (Å²) in [6.45, 7) is 1.47. The molecule has 28 heavy (non-hydrogen) atoms. The number of benzene rings is 2. The van der Waals surface area contributed by atoms with Crippen LogP contribution in [0, 0.1) is 11.8 Å². The molecule has 2 amide bonds. The summed E-state index contributed by atoms with van der Waals surface area (Å²) in [5, 5.41) is 5.58. The van der Waals surface area contributed by atoms with E-state index in [1.165, 1.54) is 14.0 Å². The van der Waals surface area contributed by atoms with Gasteiger partial charge in [0.2, 0.25) is 11.8 Å². The van der Waals surface area contributed by atoms with Gasteiger partial charge in [0.1, 0.15) is 11.5 Å². The van der Waals surface area contributed by atoms with E-state index in [1.807, 2.05) is 0 Å². The summed E-state index contributed by atoms with van der Waals surface area (Å²) < 4.78 is 10.4. The standard InChI is InChI=1S/C21H22N2O5/c1-12(24)13-5-4-6-14(9-13)22-20(25)16-11-17(16)21(26)23-18-8-7-15(27-2)10-19(18)28-3/h4-10,16-17H,11H2,1-3H3,(H,22,25)(H,23,26). The molecule has 1 aliphatic rings. The number of Topliss-reactive ketones (excluding diaryl/α,β-unsaturated/α-hetero) is 1. The van der Waals surface area contributed by atoms with Crippen molar-refractivity contribution in [2.75, 3.05) is 24.9 Å². The zero-order valence-corrected chi connectivity index (χ0v) is 15.9. The first-order valence-corrected chi connectivity index (χ1v) is 8.87. The highest BCUT2D eigenvalue weighted by atomic mass is 16.5. The Bertz CT molecular complexity index is 925. The number of carbonyl (C=O) groups excluding carboxylic acids is 3. The largest absolute Gasteiger partial charge is 0.497 e. The summed E-state index contributed by atoms with van der Waals surface area (Å²) in [6.07, 6.45) is 0.475. The normalized spacial score (nSPS) is 17.4. The first kappa shape index (κ1) is 19.4. The van der Waals surface area contributed by atoms with E-state index in [4.69, 9.17) is 9.47 Å². The van der Waals surface area contributed by atoms with Crippen LogP contribution in [0.5, 0.6) is 11.5 Å². The van der Waals surface area contributed by atoms with Gasteiger partial charge >= 0.3 is 0 Å². The molecular weight excluding hydrogens is 360 g/mol. The number of methoxy groups -OCH3 is 2. The van der Waals surface area contributed by atoms with Crippen molar-refractivity contribution in [3.05, 3.63) is 48.0 Å². The highest BCUT2D eigenvalue weighted by Crippen LogP contribution is 2.41. The Balaban J connectivity index is 1.60. The van der Waals surface area contributed by atoms with Crippen LogP contribution in [0.25, 0.3) is 0 Å². The van der Waals surface area contributed by atoms with Crippen LogP contribution in [-0.4, -0.2) is 31.8 Å². The van der Waals surface area contributed by atoms with Crippen molar-refractivity contribution in [3.63, 3.8) is 0 Å². The molecule has 1 saturated carbocycles. The molecule has 3 rings (SSSR count). The van der Waals surface area contributed by atoms with E-state index in [0.717, 1.165) is 0 Å². The van der Waals surface area contributed by atoms with Gasteiger partial charge in [-0.25, -0.2) is 0 Å². The van der Waals surface area contributed by atoms with Gasteiger partial charge in [0.15, 0.2) is 5.78 Å². The van der Waals surface area contributed by atoms with E-state index >= 15 is 0 Å². The van der Waals surface area contributed by atoms with Crippen molar-refractivity contribution in [1.29, 1.82) is 0 Å². The second-order valence-electron chi connectivity index (χ2n) is 6.63. The molecule has 0 bridgehead atoms. The molecular formula is C21H22N2O5. The van der Waals surface area contributed by atoms with Crippen molar-refractivity contribution in [1.82, 2.24) is 0 Å². The molecule has 7 heteroatoms. The molecule has 2 aromatic carbocycles. The number of amides is 2. The van der Waals surface area contributed by atoms with Crippen molar-refractivity contribution in [2.24, 2.45) is 11.8 Å². The smallest absolute Gasteiger partial charge is 0.228 e. The van der Waals surface area contributed by atoms with E-state index in [1.54, 1.807) is 49.6 Å². The number of rotatable bonds is 7. The fourth-order valence-corrected chi connectivity index (χ4v) is 2.95. The lowest BCUT2D eigenvalue weighted by molar-refractivity contribution is -0.122. The third-order valence-electron chi connectivity index (χ3n) is 4.67. The zero-order chi connectivity index (χ0) is 20.3. The fraction of sp³-hybridized carbons (Fsp3) is 0.286. The third kappa shape index (κ3) is 4.31. The molecule has 2 unspecified atom stereocenters. The van der Waals surface area contributed by atoms with E-state index in [9.17, 15) is 14.4 Å². The maximum absolute atomic E-state index is 12.5. The van der Waals surface area contributed by atoms with Gasteiger partial charge < -0.3 is 20.1 Å². The SMILES string of the molecule is COc1ccc(NC(=O)C2CC2C(=O)Nc2cccc(C(C)=O)c2)c(OC)c1. The summed E-state index contributed by atoms with van der Waals surface area (Å²) in [5.41, 5.74) is 1.59. The quantitative estimate of drug-likeness (QED) is 0.718. The Morgan fingerprint density at radius 3 is 2.29 bits per heavy atom. The lowest BCUT2D eigenvalue weighted by Crippen LogP contribution is -2.21. The number of hydrogen-bond donors (Lipinski definition) is 2.